The molecule has 0 aliphatic rings. The molecule has 1 aromatic carbocycles. The molecule has 0 aliphatic heterocycles. The molecule has 3 nitrogen and oxygen atoms in total. The number of benzene rings is 1. The standard InChI is InChI=1S/C12H11BrN2O/c1-7-11(8(2)16)15-12(14-7)9-5-3-4-6-10(9)13/h3-6H,1-2H3,(H,14,15). The van der Waals surface area contributed by atoms with Gasteiger partial charge in [0.2, 0.25) is 0 Å². The Hall–Kier alpha value is -1.42. The van der Waals surface area contributed by atoms with Crippen LogP contribution in [0.15, 0.2) is 28.7 Å². The monoisotopic (exact) mass is 278 g/mol. The van der Waals surface area contributed by atoms with Gasteiger partial charge in [-0.3, -0.25) is 4.79 Å². The molecule has 0 atom stereocenters. The van der Waals surface area contributed by atoms with E-state index in [1.807, 2.05) is 31.2 Å². The van der Waals surface area contributed by atoms with E-state index in [1.165, 1.54) is 6.92 Å². The van der Waals surface area contributed by atoms with E-state index in [1.54, 1.807) is 0 Å². The highest BCUT2D eigenvalue weighted by atomic mass is 79.9. The number of hydrogen-bond donors (Lipinski definition) is 1. The number of H-pyrrole nitrogens is 1. The lowest BCUT2D eigenvalue weighted by atomic mass is 10.2. The summed E-state index contributed by atoms with van der Waals surface area (Å²) in [4.78, 5) is 18.7. The number of hydrogen-bond acceptors (Lipinski definition) is 2. The van der Waals surface area contributed by atoms with Crippen LogP contribution in [0.5, 0.6) is 0 Å². The Morgan fingerprint density at radius 3 is 2.62 bits per heavy atom. The number of imidazole rings is 1. The summed E-state index contributed by atoms with van der Waals surface area (Å²) in [7, 11) is 0. The number of aromatic nitrogens is 2. The molecule has 0 unspecified atom stereocenters. The molecule has 0 spiro atoms. The average molecular weight is 279 g/mol. The Balaban J connectivity index is 2.54. The van der Waals surface area contributed by atoms with Crippen molar-refractivity contribution in [3.05, 3.63) is 40.1 Å². The molecule has 0 saturated carbocycles. The minimum absolute atomic E-state index is 0.0212. The van der Waals surface area contributed by atoms with Gasteiger partial charge in [0, 0.05) is 22.7 Å². The quantitative estimate of drug-likeness (QED) is 0.857. The first kappa shape index (κ1) is 11.1. The van der Waals surface area contributed by atoms with Gasteiger partial charge >= 0.3 is 0 Å². The van der Waals surface area contributed by atoms with Crippen LogP contribution in [0.4, 0.5) is 0 Å². The van der Waals surface area contributed by atoms with E-state index in [4.69, 9.17) is 0 Å². The van der Waals surface area contributed by atoms with Crippen molar-refractivity contribution in [2.75, 3.05) is 0 Å². The normalized spacial score (nSPS) is 10.4. The summed E-state index contributed by atoms with van der Waals surface area (Å²) in [6.45, 7) is 3.37. The topological polar surface area (TPSA) is 45.8 Å². The van der Waals surface area contributed by atoms with Gasteiger partial charge < -0.3 is 4.98 Å². The second kappa shape index (κ2) is 4.22. The third-order valence-corrected chi connectivity index (χ3v) is 3.04. The van der Waals surface area contributed by atoms with Gasteiger partial charge in [0.05, 0.1) is 0 Å². The molecule has 0 bridgehead atoms. The first-order valence-electron chi connectivity index (χ1n) is 4.92. The molecule has 1 aromatic heterocycles. The lowest BCUT2D eigenvalue weighted by Gasteiger charge is -1.98. The summed E-state index contributed by atoms with van der Waals surface area (Å²) in [5.74, 6) is 0.697. The smallest absolute Gasteiger partial charge is 0.179 e. The molecule has 1 N–H and O–H groups in total. The van der Waals surface area contributed by atoms with Crippen molar-refractivity contribution in [2.45, 2.75) is 13.8 Å². The van der Waals surface area contributed by atoms with Gasteiger partial charge in [-0.1, -0.05) is 34.1 Å². The van der Waals surface area contributed by atoms with Gasteiger partial charge in [0.15, 0.2) is 5.78 Å². The fraction of sp³-hybridized carbons (Fsp3) is 0.167. The van der Waals surface area contributed by atoms with Crippen molar-refractivity contribution in [1.29, 1.82) is 0 Å². The molecule has 82 valence electrons. The van der Waals surface area contributed by atoms with Crippen LogP contribution < -0.4 is 0 Å². The van der Waals surface area contributed by atoms with Crippen LogP contribution in [-0.2, 0) is 0 Å². The maximum absolute atomic E-state index is 11.3. The molecule has 2 rings (SSSR count). The van der Waals surface area contributed by atoms with Crippen LogP contribution in [0, 0.1) is 6.92 Å². The lowest BCUT2D eigenvalue weighted by molar-refractivity contribution is 0.101. The van der Waals surface area contributed by atoms with Crippen molar-refractivity contribution in [1.82, 2.24) is 9.97 Å². The van der Waals surface area contributed by atoms with Gasteiger partial charge in [-0.2, -0.15) is 0 Å². The molecule has 0 radical (unpaired) electrons. The number of halogens is 1. The number of carbonyl (C=O) groups is 1. The van der Waals surface area contributed by atoms with E-state index < -0.39 is 0 Å². The number of aromatic amines is 1. The summed E-state index contributed by atoms with van der Waals surface area (Å²) >= 11 is 3.46. The van der Waals surface area contributed by atoms with E-state index in [-0.39, 0.29) is 5.78 Å². The largest absolute Gasteiger partial charge is 0.341 e. The van der Waals surface area contributed by atoms with E-state index in [0.29, 0.717) is 5.69 Å². The second-order valence-corrected chi connectivity index (χ2v) is 4.45. The molecule has 0 amide bonds. The zero-order valence-electron chi connectivity index (χ0n) is 9.04. The molecule has 4 heteroatoms. The summed E-state index contributed by atoms with van der Waals surface area (Å²) in [6, 6.07) is 7.77. The average Bonchev–Trinajstić information content (AvgIpc) is 2.61. The molecule has 0 aliphatic carbocycles. The second-order valence-electron chi connectivity index (χ2n) is 3.60. The predicted octanol–water partition coefficient (Wildman–Crippen LogP) is 3.35. The van der Waals surface area contributed by atoms with Crippen molar-refractivity contribution in [3.63, 3.8) is 0 Å². The van der Waals surface area contributed by atoms with Crippen LogP contribution in [0.25, 0.3) is 11.4 Å². The van der Waals surface area contributed by atoms with E-state index in [0.717, 1.165) is 21.6 Å². The van der Waals surface area contributed by atoms with E-state index >= 15 is 0 Å². The highest BCUT2D eigenvalue weighted by Gasteiger charge is 2.13. The molecule has 0 saturated heterocycles. The van der Waals surface area contributed by atoms with Crippen LogP contribution in [0.3, 0.4) is 0 Å². The van der Waals surface area contributed by atoms with Gasteiger partial charge in [-0.25, -0.2) is 4.98 Å². The predicted molar refractivity (Wildman–Crippen MR) is 66.5 cm³/mol. The van der Waals surface area contributed by atoms with Gasteiger partial charge in [0.1, 0.15) is 11.5 Å². The third kappa shape index (κ3) is 1.93. The van der Waals surface area contributed by atoms with Gasteiger partial charge in [-0.05, 0) is 13.0 Å². The third-order valence-electron chi connectivity index (χ3n) is 2.35. The van der Waals surface area contributed by atoms with Crippen molar-refractivity contribution in [3.8, 4) is 11.4 Å². The summed E-state index contributed by atoms with van der Waals surface area (Å²) in [5.41, 5.74) is 2.27. The number of carbonyl (C=O) groups excluding carboxylic acids is 1. The van der Waals surface area contributed by atoms with Crippen molar-refractivity contribution in [2.24, 2.45) is 0 Å². The Bertz CT molecular complexity index is 546. The number of nitrogens with zero attached hydrogens (tertiary/aromatic N) is 1. The van der Waals surface area contributed by atoms with E-state index in [2.05, 4.69) is 25.9 Å². The minimum Gasteiger partial charge on any atom is -0.341 e. The van der Waals surface area contributed by atoms with Gasteiger partial charge in [-0.15, -0.1) is 0 Å². The molecule has 1 heterocycles. The van der Waals surface area contributed by atoms with Crippen molar-refractivity contribution < 1.29 is 4.79 Å². The minimum atomic E-state index is -0.0212. The fourth-order valence-corrected chi connectivity index (χ4v) is 2.06. The fourth-order valence-electron chi connectivity index (χ4n) is 1.58. The number of ketones is 1. The Morgan fingerprint density at radius 2 is 2.06 bits per heavy atom. The molecular formula is C12H11BrN2O. The zero-order valence-corrected chi connectivity index (χ0v) is 10.6. The molecule has 16 heavy (non-hydrogen) atoms. The molecular weight excluding hydrogens is 268 g/mol. The summed E-state index contributed by atoms with van der Waals surface area (Å²) in [5, 5.41) is 0. The Kier molecular flexibility index (Phi) is 2.92. The first-order chi connectivity index (χ1) is 7.59. The van der Waals surface area contributed by atoms with E-state index in [9.17, 15) is 4.79 Å². The SMILES string of the molecule is CC(=O)c1nc(-c2ccccc2Br)[nH]c1C. The summed E-state index contributed by atoms with van der Waals surface area (Å²) < 4.78 is 0.957. The molecule has 2 aromatic rings. The maximum Gasteiger partial charge on any atom is 0.179 e. The first-order valence-corrected chi connectivity index (χ1v) is 5.71. The zero-order chi connectivity index (χ0) is 11.7. The van der Waals surface area contributed by atoms with Crippen LogP contribution in [-0.4, -0.2) is 15.8 Å². The number of Topliss-reactive ketones (excluding diaryl/α,β-unsaturated/α-hetero) is 1. The van der Waals surface area contributed by atoms with Crippen LogP contribution >= 0.6 is 15.9 Å². The molecule has 0 fully saturated rings. The van der Waals surface area contributed by atoms with Crippen LogP contribution in [0.1, 0.15) is 23.1 Å². The number of rotatable bonds is 2. The van der Waals surface area contributed by atoms with Crippen LogP contribution in [0.2, 0.25) is 0 Å². The van der Waals surface area contributed by atoms with Crippen molar-refractivity contribution >= 4 is 21.7 Å². The number of aryl methyl sites for hydroxylation is 1. The Labute approximate surface area is 102 Å². The lowest BCUT2D eigenvalue weighted by Crippen LogP contribution is -1.94. The van der Waals surface area contributed by atoms with Gasteiger partial charge in [0.25, 0.3) is 0 Å². The Morgan fingerprint density at radius 1 is 1.38 bits per heavy atom. The highest BCUT2D eigenvalue weighted by molar-refractivity contribution is 9.10. The number of nitrogens with one attached hydrogen (secondary N) is 1. The highest BCUT2D eigenvalue weighted by Crippen LogP contribution is 2.26. The maximum atomic E-state index is 11.3. The summed E-state index contributed by atoms with van der Waals surface area (Å²) in [6.07, 6.45) is 0.